The van der Waals surface area contributed by atoms with Gasteiger partial charge < -0.3 is 14.8 Å². The number of pyridine rings is 1. The first-order chi connectivity index (χ1) is 12.4. The summed E-state index contributed by atoms with van der Waals surface area (Å²) in [5, 5.41) is 5.18. The molecule has 0 saturated carbocycles. The van der Waals surface area contributed by atoms with E-state index in [1.807, 2.05) is 0 Å². The molecule has 10 heteroatoms. The van der Waals surface area contributed by atoms with Gasteiger partial charge in [-0.1, -0.05) is 0 Å². The average Bonchev–Trinajstić information content (AvgIpc) is 3.01. The molecule has 28 heavy (non-hydrogen) atoms. The van der Waals surface area contributed by atoms with Crippen LogP contribution in [-0.2, 0) is 11.3 Å². The van der Waals surface area contributed by atoms with Crippen LogP contribution in [0, 0.1) is 0 Å². The van der Waals surface area contributed by atoms with E-state index in [1.54, 1.807) is 49.7 Å². The molecule has 1 amide bonds. The van der Waals surface area contributed by atoms with Crippen LogP contribution in [0.4, 0.5) is 8.78 Å². The third kappa shape index (κ3) is 6.47. The van der Waals surface area contributed by atoms with E-state index >= 15 is 0 Å². The van der Waals surface area contributed by atoms with Gasteiger partial charge in [-0.2, -0.15) is 0 Å². The van der Waals surface area contributed by atoms with Crippen LogP contribution < -0.4 is 20.1 Å². The molecule has 3 rings (SSSR count). The maximum absolute atomic E-state index is 13.2. The number of rotatable bonds is 6. The fraction of sp³-hybridized carbons (Fsp3) is 0.333. The van der Waals surface area contributed by atoms with Crippen molar-refractivity contribution < 1.29 is 23.0 Å². The number of hydrogen-bond acceptors (Lipinski definition) is 5. The van der Waals surface area contributed by atoms with Gasteiger partial charge in [0.05, 0.1) is 19.7 Å². The number of amides is 1. The summed E-state index contributed by atoms with van der Waals surface area (Å²) < 4.78 is 37.0. The second kappa shape index (κ2) is 10.4. The highest BCUT2D eigenvalue weighted by Gasteiger charge is 2.42. The fourth-order valence-electron chi connectivity index (χ4n) is 2.59. The third-order valence-electron chi connectivity index (χ3n) is 3.97. The highest BCUT2D eigenvalue weighted by atomic mass is 35.5. The first-order valence-corrected chi connectivity index (χ1v) is 8.11. The van der Waals surface area contributed by atoms with Crippen molar-refractivity contribution in [3.8, 4) is 17.4 Å². The Balaban J connectivity index is 0.00000196. The lowest BCUT2D eigenvalue weighted by Gasteiger charge is -2.12. The van der Waals surface area contributed by atoms with Gasteiger partial charge in [0, 0.05) is 25.2 Å². The summed E-state index contributed by atoms with van der Waals surface area (Å²) in [4.78, 5) is 16.1. The van der Waals surface area contributed by atoms with Crippen molar-refractivity contribution in [2.24, 2.45) is 0 Å². The van der Waals surface area contributed by atoms with Crippen LogP contribution in [0.5, 0.6) is 17.4 Å². The summed E-state index contributed by atoms with van der Waals surface area (Å²) in [6.07, 6.45) is 1.07. The van der Waals surface area contributed by atoms with E-state index in [-0.39, 0.29) is 31.4 Å². The zero-order valence-electron chi connectivity index (χ0n) is 15.0. The van der Waals surface area contributed by atoms with Gasteiger partial charge in [-0.05, 0) is 35.9 Å². The summed E-state index contributed by atoms with van der Waals surface area (Å²) >= 11 is 0. The molecule has 2 aromatic rings. The second-order valence-corrected chi connectivity index (χ2v) is 5.99. The molecular weight excluding hydrogens is 415 g/mol. The normalized spacial score (nSPS) is 17.0. The van der Waals surface area contributed by atoms with E-state index in [2.05, 4.69) is 15.6 Å². The Labute approximate surface area is 173 Å². The second-order valence-electron chi connectivity index (χ2n) is 5.99. The largest absolute Gasteiger partial charge is 0.497 e. The minimum atomic E-state index is -2.84. The Morgan fingerprint density at radius 2 is 1.93 bits per heavy atom. The van der Waals surface area contributed by atoms with Crippen LogP contribution in [0.25, 0.3) is 0 Å². The van der Waals surface area contributed by atoms with Crippen molar-refractivity contribution in [1.29, 1.82) is 0 Å². The Bertz CT molecular complexity index is 779. The van der Waals surface area contributed by atoms with Crippen molar-refractivity contribution in [2.45, 2.75) is 24.9 Å². The lowest BCUT2D eigenvalue weighted by Crippen LogP contribution is -2.40. The molecule has 1 saturated heterocycles. The van der Waals surface area contributed by atoms with E-state index < -0.39 is 30.8 Å². The molecule has 0 bridgehead atoms. The Morgan fingerprint density at radius 3 is 2.54 bits per heavy atom. The van der Waals surface area contributed by atoms with E-state index in [9.17, 15) is 13.6 Å². The molecule has 6 nitrogen and oxygen atoms in total. The highest BCUT2D eigenvalue weighted by Crippen LogP contribution is 2.25. The molecule has 0 radical (unpaired) electrons. The molecular formula is C18H21Cl2F2N3O3. The first-order valence-electron chi connectivity index (χ1n) is 8.11. The molecule has 1 aromatic heterocycles. The Kier molecular flexibility index (Phi) is 8.87. The third-order valence-corrected chi connectivity index (χ3v) is 3.97. The van der Waals surface area contributed by atoms with Gasteiger partial charge in [0.15, 0.2) is 0 Å². The number of ether oxygens (including phenoxy) is 2. The maximum Gasteiger partial charge on any atom is 0.262 e. The summed E-state index contributed by atoms with van der Waals surface area (Å²) in [6, 6.07) is 9.57. The number of carbonyl (C=O) groups is 1. The number of carbonyl (C=O) groups excluding carboxylic acids is 1. The van der Waals surface area contributed by atoms with Gasteiger partial charge in [-0.3, -0.25) is 10.1 Å². The lowest BCUT2D eigenvalue weighted by molar-refractivity contribution is -0.123. The quantitative estimate of drug-likeness (QED) is 0.727. The van der Waals surface area contributed by atoms with E-state index in [4.69, 9.17) is 9.47 Å². The zero-order chi connectivity index (χ0) is 18.6. The molecule has 2 heterocycles. The van der Waals surface area contributed by atoms with Crippen LogP contribution in [-0.4, -0.2) is 36.5 Å². The van der Waals surface area contributed by atoms with Crippen LogP contribution in [0.3, 0.4) is 0 Å². The van der Waals surface area contributed by atoms with Crippen molar-refractivity contribution in [2.75, 3.05) is 13.7 Å². The molecule has 1 aliphatic heterocycles. The monoisotopic (exact) mass is 435 g/mol. The molecule has 0 aliphatic carbocycles. The van der Waals surface area contributed by atoms with Crippen LogP contribution in [0.15, 0.2) is 42.6 Å². The standard InChI is InChI=1S/C18H19F2N3O3.2ClH/c1-25-13-2-4-14(5-3-13)26-16-8-12(6-7-21-16)10-22-17(24)15-9-18(19,20)11-23-15;;/h2-8,15,23H,9-11H2,1H3,(H,22,24);2*1H. The van der Waals surface area contributed by atoms with Crippen LogP contribution in [0.1, 0.15) is 12.0 Å². The van der Waals surface area contributed by atoms with Crippen molar-refractivity contribution in [3.05, 3.63) is 48.2 Å². The molecule has 1 atom stereocenters. The molecule has 2 N–H and O–H groups in total. The number of methoxy groups -OCH3 is 1. The minimum Gasteiger partial charge on any atom is -0.497 e. The topological polar surface area (TPSA) is 72.5 Å². The number of hydrogen-bond donors (Lipinski definition) is 2. The van der Waals surface area contributed by atoms with Crippen LogP contribution >= 0.6 is 24.8 Å². The number of benzene rings is 1. The SMILES string of the molecule is COc1ccc(Oc2cc(CNC(=O)C3CC(F)(F)CN3)ccn2)cc1.Cl.Cl. The van der Waals surface area contributed by atoms with Crippen molar-refractivity contribution in [1.82, 2.24) is 15.6 Å². The maximum atomic E-state index is 13.2. The van der Waals surface area contributed by atoms with Crippen molar-refractivity contribution in [3.63, 3.8) is 0 Å². The molecule has 1 unspecified atom stereocenters. The van der Waals surface area contributed by atoms with Gasteiger partial charge >= 0.3 is 0 Å². The highest BCUT2D eigenvalue weighted by molar-refractivity contribution is 5.85. The van der Waals surface area contributed by atoms with E-state index in [0.717, 1.165) is 5.56 Å². The number of aromatic nitrogens is 1. The Morgan fingerprint density at radius 1 is 1.25 bits per heavy atom. The summed E-state index contributed by atoms with van der Waals surface area (Å²) in [6.45, 7) is -0.274. The average molecular weight is 436 g/mol. The van der Waals surface area contributed by atoms with Gasteiger partial charge in [0.25, 0.3) is 5.92 Å². The van der Waals surface area contributed by atoms with Crippen LogP contribution in [0.2, 0.25) is 0 Å². The molecule has 154 valence electrons. The zero-order valence-corrected chi connectivity index (χ0v) is 16.6. The Hall–Kier alpha value is -2.16. The molecule has 0 spiro atoms. The number of halogens is 4. The predicted molar refractivity (Wildman–Crippen MR) is 105 cm³/mol. The molecule has 1 fully saturated rings. The first kappa shape index (κ1) is 23.9. The summed E-state index contributed by atoms with van der Waals surface area (Å²) in [7, 11) is 1.58. The minimum absolute atomic E-state index is 0. The smallest absolute Gasteiger partial charge is 0.262 e. The number of nitrogens with zero attached hydrogens (tertiary/aromatic N) is 1. The van der Waals surface area contributed by atoms with Gasteiger partial charge in [-0.25, -0.2) is 13.8 Å². The van der Waals surface area contributed by atoms with Gasteiger partial charge in [0.1, 0.15) is 11.5 Å². The lowest BCUT2D eigenvalue weighted by atomic mass is 10.2. The summed E-state index contributed by atoms with van der Waals surface area (Å²) in [5.74, 6) is -1.60. The van der Waals surface area contributed by atoms with Gasteiger partial charge in [-0.15, -0.1) is 24.8 Å². The van der Waals surface area contributed by atoms with Crippen molar-refractivity contribution >= 4 is 30.7 Å². The predicted octanol–water partition coefficient (Wildman–Crippen LogP) is 3.34. The number of alkyl halides is 2. The van der Waals surface area contributed by atoms with Gasteiger partial charge in [0.2, 0.25) is 11.8 Å². The molecule has 1 aliphatic rings. The van der Waals surface area contributed by atoms with E-state index in [0.29, 0.717) is 17.4 Å². The fourth-order valence-corrected chi connectivity index (χ4v) is 2.59. The summed E-state index contributed by atoms with van der Waals surface area (Å²) in [5.41, 5.74) is 0.751. The van der Waals surface area contributed by atoms with E-state index in [1.165, 1.54) is 0 Å². The molecule has 1 aromatic carbocycles. The number of nitrogens with one attached hydrogen (secondary N) is 2.